The number of hydrogen-bond donors (Lipinski definition) is 1. The maximum atomic E-state index is 11.3. The molecule has 2 heterocycles. The van der Waals surface area contributed by atoms with Crippen LogP contribution < -0.4 is 4.90 Å². The Labute approximate surface area is 120 Å². The fraction of sp³-hybridized carbons (Fsp3) is 0.357. The van der Waals surface area contributed by atoms with E-state index in [0.717, 1.165) is 22.8 Å². The number of carboxylic acids is 1. The van der Waals surface area contributed by atoms with Gasteiger partial charge in [0.15, 0.2) is 0 Å². The van der Waals surface area contributed by atoms with Crippen LogP contribution in [0.15, 0.2) is 29.8 Å². The first-order valence-electron chi connectivity index (χ1n) is 6.43. The summed E-state index contributed by atoms with van der Waals surface area (Å²) in [5.74, 6) is -0.722. The third-order valence-electron chi connectivity index (χ3n) is 3.81. The standard InChI is InChI=1S/C14H15N3O2S/c1-14(13(18)19)5-6-17(8-14)11-4-2-3-10(7-11)12-16-15-9-20-12/h2-4,7,9H,5-6,8H2,1H3,(H,18,19). The summed E-state index contributed by atoms with van der Waals surface area (Å²) in [6, 6.07) is 8.03. The van der Waals surface area contributed by atoms with Crippen LogP contribution in [0.4, 0.5) is 5.69 Å². The number of nitrogens with zero attached hydrogens (tertiary/aromatic N) is 3. The minimum Gasteiger partial charge on any atom is -0.481 e. The minimum atomic E-state index is -0.722. The van der Waals surface area contributed by atoms with Crippen LogP contribution in [-0.4, -0.2) is 34.4 Å². The van der Waals surface area contributed by atoms with Crippen LogP contribution in [0.5, 0.6) is 0 Å². The van der Waals surface area contributed by atoms with Gasteiger partial charge in [0.1, 0.15) is 10.5 Å². The van der Waals surface area contributed by atoms with E-state index in [9.17, 15) is 9.90 Å². The molecule has 0 bridgehead atoms. The van der Waals surface area contributed by atoms with Crippen LogP contribution in [0.1, 0.15) is 13.3 Å². The maximum absolute atomic E-state index is 11.3. The molecule has 6 heteroatoms. The Morgan fingerprint density at radius 1 is 1.50 bits per heavy atom. The monoisotopic (exact) mass is 289 g/mol. The van der Waals surface area contributed by atoms with E-state index in [4.69, 9.17) is 0 Å². The highest BCUT2D eigenvalue weighted by Crippen LogP contribution is 2.34. The number of carboxylic acid groups (broad SMARTS) is 1. The number of hydrogen-bond acceptors (Lipinski definition) is 5. The molecule has 1 saturated heterocycles. The molecular weight excluding hydrogens is 274 g/mol. The molecule has 20 heavy (non-hydrogen) atoms. The number of carbonyl (C=O) groups is 1. The fourth-order valence-corrected chi connectivity index (χ4v) is 3.04. The lowest BCUT2D eigenvalue weighted by Gasteiger charge is -2.22. The SMILES string of the molecule is CC1(C(=O)O)CCN(c2cccc(-c3nncs3)c2)C1. The summed E-state index contributed by atoms with van der Waals surface area (Å²) < 4.78 is 0. The topological polar surface area (TPSA) is 66.3 Å². The summed E-state index contributed by atoms with van der Waals surface area (Å²) in [6.45, 7) is 3.12. The van der Waals surface area contributed by atoms with Gasteiger partial charge in [-0.3, -0.25) is 4.79 Å². The van der Waals surface area contributed by atoms with Gasteiger partial charge in [-0.15, -0.1) is 10.2 Å². The van der Waals surface area contributed by atoms with E-state index in [-0.39, 0.29) is 0 Å². The fourth-order valence-electron chi connectivity index (χ4n) is 2.49. The van der Waals surface area contributed by atoms with Crippen LogP contribution in [0.2, 0.25) is 0 Å². The van der Waals surface area contributed by atoms with Crippen LogP contribution in [-0.2, 0) is 4.79 Å². The zero-order chi connectivity index (χ0) is 14.2. The van der Waals surface area contributed by atoms with Gasteiger partial charge in [-0.05, 0) is 25.5 Å². The van der Waals surface area contributed by atoms with Crippen LogP contribution in [0.25, 0.3) is 10.6 Å². The van der Waals surface area contributed by atoms with Gasteiger partial charge in [0.05, 0.1) is 5.41 Å². The first kappa shape index (κ1) is 13.1. The van der Waals surface area contributed by atoms with E-state index in [1.165, 1.54) is 11.3 Å². The van der Waals surface area contributed by atoms with Gasteiger partial charge in [0.25, 0.3) is 0 Å². The largest absolute Gasteiger partial charge is 0.481 e. The lowest BCUT2D eigenvalue weighted by molar-refractivity contribution is -0.146. The number of benzene rings is 1. The first-order chi connectivity index (χ1) is 9.58. The third kappa shape index (κ3) is 2.27. The quantitative estimate of drug-likeness (QED) is 0.940. The van der Waals surface area contributed by atoms with Crippen LogP contribution in [0.3, 0.4) is 0 Å². The summed E-state index contributed by atoms with van der Waals surface area (Å²) in [5.41, 5.74) is 3.12. The highest BCUT2D eigenvalue weighted by atomic mass is 32.1. The van der Waals surface area contributed by atoms with E-state index in [1.54, 1.807) is 5.51 Å². The van der Waals surface area contributed by atoms with Gasteiger partial charge >= 0.3 is 5.97 Å². The Bertz CT molecular complexity index is 629. The lowest BCUT2D eigenvalue weighted by atomic mass is 9.90. The summed E-state index contributed by atoms with van der Waals surface area (Å²) in [5, 5.41) is 18.1. The highest BCUT2D eigenvalue weighted by Gasteiger charge is 2.40. The summed E-state index contributed by atoms with van der Waals surface area (Å²) in [4.78, 5) is 13.4. The van der Waals surface area contributed by atoms with E-state index < -0.39 is 11.4 Å². The normalized spacial score (nSPS) is 22.1. The van der Waals surface area contributed by atoms with Gasteiger partial charge in [-0.2, -0.15) is 0 Å². The van der Waals surface area contributed by atoms with E-state index in [0.29, 0.717) is 13.0 Å². The Kier molecular flexibility index (Phi) is 3.17. The molecule has 0 saturated carbocycles. The molecule has 0 amide bonds. The Hall–Kier alpha value is -1.95. The van der Waals surface area contributed by atoms with Crippen molar-refractivity contribution in [2.75, 3.05) is 18.0 Å². The van der Waals surface area contributed by atoms with Crippen molar-refractivity contribution in [3.63, 3.8) is 0 Å². The number of rotatable bonds is 3. The van der Waals surface area contributed by atoms with Gasteiger partial charge in [-0.25, -0.2) is 0 Å². The maximum Gasteiger partial charge on any atom is 0.311 e. The zero-order valence-corrected chi connectivity index (χ0v) is 11.9. The average Bonchev–Trinajstić information content (AvgIpc) is 3.09. The lowest BCUT2D eigenvalue weighted by Crippen LogP contribution is -2.31. The number of anilines is 1. The van der Waals surface area contributed by atoms with Crippen molar-refractivity contribution in [1.82, 2.24) is 10.2 Å². The molecule has 0 radical (unpaired) electrons. The minimum absolute atomic E-state index is 0.544. The van der Waals surface area contributed by atoms with Gasteiger partial charge in [0.2, 0.25) is 0 Å². The molecule has 0 spiro atoms. The van der Waals surface area contributed by atoms with Crippen molar-refractivity contribution in [1.29, 1.82) is 0 Å². The highest BCUT2D eigenvalue weighted by molar-refractivity contribution is 7.12. The molecule has 1 atom stereocenters. The molecule has 1 aliphatic heterocycles. The van der Waals surface area contributed by atoms with Crippen molar-refractivity contribution in [2.24, 2.45) is 5.41 Å². The summed E-state index contributed by atoms with van der Waals surface area (Å²) in [7, 11) is 0. The van der Waals surface area contributed by atoms with Gasteiger partial charge < -0.3 is 10.0 Å². The van der Waals surface area contributed by atoms with E-state index in [2.05, 4.69) is 15.1 Å². The number of aliphatic carboxylic acids is 1. The van der Waals surface area contributed by atoms with Crippen LogP contribution >= 0.6 is 11.3 Å². The molecule has 1 aliphatic rings. The van der Waals surface area contributed by atoms with Crippen molar-refractivity contribution < 1.29 is 9.90 Å². The smallest absolute Gasteiger partial charge is 0.311 e. The zero-order valence-electron chi connectivity index (χ0n) is 11.1. The van der Waals surface area contributed by atoms with Gasteiger partial charge in [0, 0.05) is 24.3 Å². The van der Waals surface area contributed by atoms with E-state index >= 15 is 0 Å². The molecule has 104 valence electrons. The molecule has 5 nitrogen and oxygen atoms in total. The molecular formula is C14H15N3O2S. The van der Waals surface area contributed by atoms with E-state index in [1.807, 2.05) is 31.2 Å². The molecule has 1 N–H and O–H groups in total. The average molecular weight is 289 g/mol. The second-order valence-corrected chi connectivity index (χ2v) is 6.16. The van der Waals surface area contributed by atoms with Crippen molar-refractivity contribution in [3.05, 3.63) is 29.8 Å². The second kappa shape index (κ2) is 4.86. The predicted molar refractivity (Wildman–Crippen MR) is 77.9 cm³/mol. The first-order valence-corrected chi connectivity index (χ1v) is 7.31. The molecule has 1 unspecified atom stereocenters. The summed E-state index contributed by atoms with van der Waals surface area (Å²) >= 11 is 1.50. The molecule has 2 aromatic rings. The number of aromatic nitrogens is 2. The van der Waals surface area contributed by atoms with Gasteiger partial charge in [-0.1, -0.05) is 23.5 Å². The molecule has 0 aliphatic carbocycles. The van der Waals surface area contributed by atoms with Crippen molar-refractivity contribution >= 4 is 23.0 Å². The molecule has 1 aromatic heterocycles. The Balaban J connectivity index is 1.86. The van der Waals surface area contributed by atoms with Crippen LogP contribution in [0, 0.1) is 5.41 Å². The van der Waals surface area contributed by atoms with Crippen molar-refractivity contribution in [2.45, 2.75) is 13.3 Å². The Morgan fingerprint density at radius 3 is 3.00 bits per heavy atom. The molecule has 1 fully saturated rings. The summed E-state index contributed by atoms with van der Waals surface area (Å²) in [6.07, 6.45) is 0.672. The third-order valence-corrected chi connectivity index (χ3v) is 4.55. The molecule has 3 rings (SSSR count). The predicted octanol–water partition coefficient (Wildman–Crippen LogP) is 2.51. The van der Waals surface area contributed by atoms with Crippen molar-refractivity contribution in [3.8, 4) is 10.6 Å². The molecule has 1 aromatic carbocycles. The second-order valence-electron chi connectivity index (χ2n) is 5.33. The Morgan fingerprint density at radius 2 is 2.35 bits per heavy atom.